The number of rotatable bonds is 3. The number of thioether (sulfide) groups is 1. The second-order valence-corrected chi connectivity index (χ2v) is 8.68. The van der Waals surface area contributed by atoms with Crippen LogP contribution in [0.1, 0.15) is 5.69 Å². The van der Waals surface area contributed by atoms with E-state index in [4.69, 9.17) is 11.6 Å². The molecule has 0 radical (unpaired) electrons. The van der Waals surface area contributed by atoms with E-state index >= 15 is 0 Å². The van der Waals surface area contributed by atoms with Crippen LogP contribution in [0, 0.1) is 0 Å². The molecule has 0 N–H and O–H groups in total. The summed E-state index contributed by atoms with van der Waals surface area (Å²) in [6.07, 6.45) is 0.318. The van der Waals surface area contributed by atoms with E-state index in [1.54, 1.807) is 34.4 Å². The van der Waals surface area contributed by atoms with Crippen LogP contribution in [-0.4, -0.2) is 23.2 Å². The zero-order valence-electron chi connectivity index (χ0n) is 12.6. The number of carbonyl (C=O) groups is 1. The third kappa shape index (κ3) is 3.24. The van der Waals surface area contributed by atoms with Crippen LogP contribution in [0.3, 0.4) is 0 Å². The van der Waals surface area contributed by atoms with E-state index < -0.39 is 0 Å². The Morgan fingerprint density at radius 1 is 1.29 bits per heavy atom. The molecule has 0 spiro atoms. The molecular weight excluding hydrogens is 380 g/mol. The van der Waals surface area contributed by atoms with E-state index in [-0.39, 0.29) is 5.91 Å². The molecule has 122 valence electrons. The molecule has 4 rings (SSSR count). The summed E-state index contributed by atoms with van der Waals surface area (Å²) in [5.74, 6) is 0.972. The Morgan fingerprint density at radius 3 is 3.04 bits per heavy atom. The smallest absolute Gasteiger partial charge is 0.233 e. The van der Waals surface area contributed by atoms with Gasteiger partial charge in [-0.2, -0.15) is 0 Å². The Morgan fingerprint density at radius 2 is 2.21 bits per heavy atom. The summed E-state index contributed by atoms with van der Waals surface area (Å²) in [5.41, 5.74) is 1.74. The number of fused-ring (bicyclic) bond motifs is 1. The number of hydrogen-bond acceptors (Lipinski definition) is 5. The number of nitrogens with zero attached hydrogens (tertiary/aromatic N) is 2. The van der Waals surface area contributed by atoms with Crippen molar-refractivity contribution >= 4 is 57.6 Å². The molecule has 1 aliphatic heterocycles. The highest BCUT2D eigenvalue weighted by atomic mass is 35.5. The fourth-order valence-corrected chi connectivity index (χ4v) is 5.38. The molecule has 24 heavy (non-hydrogen) atoms. The molecule has 0 atom stereocenters. The van der Waals surface area contributed by atoms with Crippen molar-refractivity contribution in [3.05, 3.63) is 51.8 Å². The van der Waals surface area contributed by atoms with Crippen LogP contribution in [0.2, 0.25) is 5.02 Å². The largest absolute Gasteiger partial charge is 0.310 e. The van der Waals surface area contributed by atoms with Gasteiger partial charge in [-0.1, -0.05) is 17.7 Å². The van der Waals surface area contributed by atoms with Crippen LogP contribution in [0.4, 0.5) is 5.69 Å². The molecule has 0 saturated carbocycles. The Kier molecular flexibility index (Phi) is 4.63. The van der Waals surface area contributed by atoms with Crippen molar-refractivity contribution in [1.82, 2.24) is 4.98 Å². The van der Waals surface area contributed by atoms with Gasteiger partial charge in [0.05, 0.1) is 22.7 Å². The lowest BCUT2D eigenvalue weighted by atomic mass is 10.2. The van der Waals surface area contributed by atoms with Crippen molar-refractivity contribution in [1.29, 1.82) is 0 Å². The maximum absolute atomic E-state index is 12.8. The number of anilines is 1. The zero-order chi connectivity index (χ0) is 16.5. The molecule has 0 bridgehead atoms. The van der Waals surface area contributed by atoms with Crippen molar-refractivity contribution in [3.8, 4) is 9.88 Å². The van der Waals surface area contributed by atoms with Crippen molar-refractivity contribution in [2.24, 2.45) is 0 Å². The van der Waals surface area contributed by atoms with E-state index in [2.05, 4.69) is 11.1 Å². The molecule has 1 amide bonds. The zero-order valence-corrected chi connectivity index (χ0v) is 15.8. The molecule has 0 saturated heterocycles. The minimum Gasteiger partial charge on any atom is -0.310 e. The molecule has 0 fully saturated rings. The van der Waals surface area contributed by atoms with E-state index in [9.17, 15) is 4.79 Å². The van der Waals surface area contributed by atoms with Crippen molar-refractivity contribution in [2.75, 3.05) is 17.2 Å². The predicted octanol–water partition coefficient (Wildman–Crippen LogP) is 5.21. The summed E-state index contributed by atoms with van der Waals surface area (Å²) in [6, 6.07) is 9.79. The first-order chi connectivity index (χ1) is 11.7. The second kappa shape index (κ2) is 6.88. The standard InChI is InChI=1S/C17H13ClN2OS3/c18-11-3-4-14-13(8-11)20(5-7-23-14)16(21)9-12-10-24-17(19-12)15-2-1-6-22-15/h1-4,6,8,10H,5,7,9H2. The minimum atomic E-state index is 0.0712. The molecule has 3 heterocycles. The molecular formula is C17H13ClN2OS3. The van der Waals surface area contributed by atoms with E-state index in [0.717, 1.165) is 31.9 Å². The second-order valence-electron chi connectivity index (χ2n) is 5.30. The van der Waals surface area contributed by atoms with Crippen molar-refractivity contribution in [3.63, 3.8) is 0 Å². The number of carbonyl (C=O) groups excluding carboxylic acids is 1. The number of thiazole rings is 1. The SMILES string of the molecule is O=C(Cc1csc(-c2cccs2)n1)N1CCSc2ccc(Cl)cc21. The van der Waals surface area contributed by atoms with Gasteiger partial charge < -0.3 is 4.90 Å². The molecule has 1 aromatic carbocycles. The highest BCUT2D eigenvalue weighted by molar-refractivity contribution is 7.99. The predicted molar refractivity (Wildman–Crippen MR) is 104 cm³/mol. The van der Waals surface area contributed by atoms with E-state index in [0.29, 0.717) is 18.0 Å². The van der Waals surface area contributed by atoms with Gasteiger partial charge in [0.1, 0.15) is 5.01 Å². The highest BCUT2D eigenvalue weighted by Gasteiger charge is 2.24. The summed E-state index contributed by atoms with van der Waals surface area (Å²) in [5, 5.41) is 5.64. The van der Waals surface area contributed by atoms with Crippen LogP contribution in [0.15, 0.2) is 46.0 Å². The van der Waals surface area contributed by atoms with Gasteiger partial charge >= 0.3 is 0 Å². The number of amides is 1. The van der Waals surface area contributed by atoms with Gasteiger partial charge in [0.25, 0.3) is 0 Å². The van der Waals surface area contributed by atoms with Gasteiger partial charge in [-0.05, 0) is 29.6 Å². The van der Waals surface area contributed by atoms with Gasteiger partial charge in [-0.25, -0.2) is 4.98 Å². The quantitative estimate of drug-likeness (QED) is 0.613. The lowest BCUT2D eigenvalue weighted by Gasteiger charge is -2.29. The third-order valence-electron chi connectivity index (χ3n) is 3.70. The van der Waals surface area contributed by atoms with Crippen molar-refractivity contribution in [2.45, 2.75) is 11.3 Å². The maximum Gasteiger partial charge on any atom is 0.233 e. The topological polar surface area (TPSA) is 33.2 Å². The number of aromatic nitrogens is 1. The Hall–Kier alpha value is -1.34. The molecule has 0 unspecified atom stereocenters. The number of benzene rings is 1. The van der Waals surface area contributed by atoms with E-state index in [1.165, 1.54) is 0 Å². The monoisotopic (exact) mass is 392 g/mol. The van der Waals surface area contributed by atoms with Gasteiger partial charge in [-0.3, -0.25) is 4.79 Å². The highest BCUT2D eigenvalue weighted by Crippen LogP contribution is 2.37. The first kappa shape index (κ1) is 16.1. The Labute approximate surface area is 157 Å². The summed E-state index contributed by atoms with van der Waals surface area (Å²) in [7, 11) is 0. The average molecular weight is 393 g/mol. The van der Waals surface area contributed by atoms with Gasteiger partial charge in [0.15, 0.2) is 0 Å². The van der Waals surface area contributed by atoms with Crippen LogP contribution >= 0.6 is 46.0 Å². The lowest BCUT2D eigenvalue weighted by Crippen LogP contribution is -2.36. The van der Waals surface area contributed by atoms with Crippen molar-refractivity contribution < 1.29 is 4.79 Å². The summed E-state index contributed by atoms with van der Waals surface area (Å²) >= 11 is 11.1. The summed E-state index contributed by atoms with van der Waals surface area (Å²) < 4.78 is 0. The third-order valence-corrected chi connectivity index (χ3v) is 6.91. The first-order valence-electron chi connectivity index (χ1n) is 7.42. The van der Waals surface area contributed by atoms with Crippen LogP contribution < -0.4 is 4.90 Å². The number of hydrogen-bond donors (Lipinski definition) is 0. The van der Waals surface area contributed by atoms with Crippen LogP contribution in [0.5, 0.6) is 0 Å². The van der Waals surface area contributed by atoms with Crippen LogP contribution in [0.25, 0.3) is 9.88 Å². The molecule has 1 aliphatic rings. The average Bonchev–Trinajstić information content (AvgIpc) is 3.25. The minimum absolute atomic E-state index is 0.0712. The fraction of sp³-hybridized carbons (Fsp3) is 0.176. The number of halogens is 1. The summed E-state index contributed by atoms with van der Waals surface area (Å²) in [4.78, 5) is 21.5. The normalized spacial score (nSPS) is 13.8. The van der Waals surface area contributed by atoms with Gasteiger partial charge in [0, 0.05) is 27.6 Å². The van der Waals surface area contributed by atoms with Crippen LogP contribution in [-0.2, 0) is 11.2 Å². The van der Waals surface area contributed by atoms with Gasteiger partial charge in [0.2, 0.25) is 5.91 Å². The molecule has 0 aliphatic carbocycles. The molecule has 7 heteroatoms. The van der Waals surface area contributed by atoms with Gasteiger partial charge in [-0.15, -0.1) is 34.4 Å². The number of thiophene rings is 1. The maximum atomic E-state index is 12.8. The Balaban J connectivity index is 1.54. The summed E-state index contributed by atoms with van der Waals surface area (Å²) in [6.45, 7) is 0.707. The van der Waals surface area contributed by atoms with E-state index in [1.807, 2.05) is 39.9 Å². The Bertz CT molecular complexity index is 876. The first-order valence-corrected chi connectivity index (χ1v) is 10.5. The lowest BCUT2D eigenvalue weighted by molar-refractivity contribution is -0.118. The molecule has 3 nitrogen and oxygen atoms in total. The molecule has 3 aromatic rings. The molecule has 2 aromatic heterocycles. The fourth-order valence-electron chi connectivity index (χ4n) is 2.60.